The van der Waals surface area contributed by atoms with E-state index in [4.69, 9.17) is 14.5 Å². The zero-order valence-corrected chi connectivity index (χ0v) is 22.6. The van der Waals surface area contributed by atoms with Gasteiger partial charge in [0.05, 0.1) is 31.0 Å². The van der Waals surface area contributed by atoms with E-state index in [1.165, 1.54) is 0 Å². The van der Waals surface area contributed by atoms with Crippen molar-refractivity contribution in [1.82, 2.24) is 5.32 Å². The smallest absolute Gasteiger partial charge is 0.338 e. The zero-order chi connectivity index (χ0) is 27.3. The molecule has 0 saturated carbocycles. The highest BCUT2D eigenvalue weighted by Gasteiger charge is 2.25. The molecule has 0 radical (unpaired) electrons. The summed E-state index contributed by atoms with van der Waals surface area (Å²) in [6, 6.07) is 18.5. The van der Waals surface area contributed by atoms with Gasteiger partial charge in [-0.25, -0.2) is 9.59 Å². The SMILES string of the molecule is CCOC(=O)c1cccc(C2CCC(NC(=O)Nc3ccc(OC)c4ccccc34)=CC(C(C)(C)C)=N2)c1. The maximum Gasteiger partial charge on any atom is 0.338 e. The summed E-state index contributed by atoms with van der Waals surface area (Å²) < 4.78 is 10.6. The lowest BCUT2D eigenvalue weighted by molar-refractivity contribution is 0.0526. The highest BCUT2D eigenvalue weighted by molar-refractivity contribution is 6.05. The lowest BCUT2D eigenvalue weighted by atomic mass is 9.89. The van der Waals surface area contributed by atoms with Gasteiger partial charge in [-0.3, -0.25) is 4.99 Å². The first-order valence-corrected chi connectivity index (χ1v) is 12.9. The standard InChI is InChI=1S/C31H35N3O4/c1-6-38-29(35)21-11-9-10-20(18-21)25-15-14-22(19-28(33-25)31(2,3)4)32-30(36)34-26-16-17-27(37-5)24-13-8-7-12-23(24)26/h7-13,16-19,25H,6,14-15H2,1-5H3,(H2,32,34,36). The molecular formula is C31H35N3O4. The van der Waals surface area contributed by atoms with Crippen LogP contribution in [0.5, 0.6) is 5.75 Å². The molecule has 0 aliphatic carbocycles. The first-order chi connectivity index (χ1) is 18.2. The number of allylic oxidation sites excluding steroid dienone is 2. The third-order valence-corrected chi connectivity index (χ3v) is 6.47. The lowest BCUT2D eigenvalue weighted by Crippen LogP contribution is -2.29. The number of carbonyl (C=O) groups excluding carboxylic acids is 2. The maximum atomic E-state index is 13.1. The third kappa shape index (κ3) is 6.22. The number of rotatable bonds is 6. The number of anilines is 1. The van der Waals surface area contributed by atoms with E-state index in [1.807, 2.05) is 60.7 Å². The van der Waals surface area contributed by atoms with E-state index in [1.54, 1.807) is 20.1 Å². The summed E-state index contributed by atoms with van der Waals surface area (Å²) >= 11 is 0. The van der Waals surface area contributed by atoms with E-state index in [0.717, 1.165) is 33.5 Å². The Bertz CT molecular complexity index is 1400. The van der Waals surface area contributed by atoms with Gasteiger partial charge in [0.15, 0.2) is 0 Å². The lowest BCUT2D eigenvalue weighted by Gasteiger charge is -2.21. The van der Waals surface area contributed by atoms with Crippen LogP contribution in [0.2, 0.25) is 0 Å². The monoisotopic (exact) mass is 513 g/mol. The molecule has 1 aliphatic rings. The molecule has 0 fully saturated rings. The van der Waals surface area contributed by atoms with Gasteiger partial charge in [0.1, 0.15) is 5.75 Å². The van der Waals surface area contributed by atoms with Crippen LogP contribution < -0.4 is 15.4 Å². The second kappa shape index (κ2) is 11.5. The predicted octanol–water partition coefficient (Wildman–Crippen LogP) is 7.05. The zero-order valence-electron chi connectivity index (χ0n) is 22.6. The second-order valence-electron chi connectivity index (χ2n) is 10.3. The molecule has 38 heavy (non-hydrogen) atoms. The molecule has 1 heterocycles. The number of hydrogen-bond acceptors (Lipinski definition) is 5. The Hall–Kier alpha value is -4.13. The van der Waals surface area contributed by atoms with Gasteiger partial charge in [0.2, 0.25) is 0 Å². The number of urea groups is 1. The van der Waals surface area contributed by atoms with E-state index in [9.17, 15) is 9.59 Å². The minimum Gasteiger partial charge on any atom is -0.496 e. The van der Waals surface area contributed by atoms with Crippen molar-refractivity contribution >= 4 is 34.2 Å². The van der Waals surface area contributed by atoms with Crippen LogP contribution in [0.15, 0.2) is 77.4 Å². The fraction of sp³-hybridized carbons (Fsp3) is 0.323. The number of ether oxygens (including phenoxy) is 2. The maximum absolute atomic E-state index is 13.1. The van der Waals surface area contributed by atoms with Gasteiger partial charge in [-0.05, 0) is 55.7 Å². The van der Waals surface area contributed by atoms with Crippen molar-refractivity contribution in [2.24, 2.45) is 10.4 Å². The van der Waals surface area contributed by atoms with Crippen molar-refractivity contribution in [3.8, 4) is 5.75 Å². The minimum absolute atomic E-state index is 0.150. The van der Waals surface area contributed by atoms with Crippen molar-refractivity contribution < 1.29 is 19.1 Å². The summed E-state index contributed by atoms with van der Waals surface area (Å²) in [5.74, 6) is 0.410. The van der Waals surface area contributed by atoms with Crippen molar-refractivity contribution in [2.75, 3.05) is 19.0 Å². The van der Waals surface area contributed by atoms with Gasteiger partial charge < -0.3 is 20.1 Å². The third-order valence-electron chi connectivity index (χ3n) is 6.47. The fourth-order valence-corrected chi connectivity index (χ4v) is 4.49. The Labute approximate surface area is 223 Å². The van der Waals surface area contributed by atoms with Crippen LogP contribution in [0.25, 0.3) is 10.8 Å². The minimum atomic E-state index is -0.341. The molecule has 0 bridgehead atoms. The van der Waals surface area contributed by atoms with E-state index in [2.05, 4.69) is 31.4 Å². The molecule has 1 aliphatic heterocycles. The number of amides is 2. The van der Waals surface area contributed by atoms with Crippen molar-refractivity contribution in [2.45, 2.75) is 46.6 Å². The molecule has 0 saturated heterocycles. The molecule has 198 valence electrons. The normalized spacial score (nSPS) is 15.7. The van der Waals surface area contributed by atoms with Crippen molar-refractivity contribution in [3.05, 3.63) is 83.6 Å². The Morgan fingerprint density at radius 1 is 1.00 bits per heavy atom. The number of hydrogen-bond donors (Lipinski definition) is 2. The number of carbonyl (C=O) groups is 2. The number of benzene rings is 3. The van der Waals surface area contributed by atoms with Crippen molar-refractivity contribution in [3.63, 3.8) is 0 Å². The molecule has 0 aromatic heterocycles. The van der Waals surface area contributed by atoms with Crippen LogP contribution >= 0.6 is 0 Å². The van der Waals surface area contributed by atoms with Crippen LogP contribution in [0.1, 0.15) is 62.5 Å². The van der Waals surface area contributed by atoms with E-state index in [0.29, 0.717) is 30.7 Å². The average molecular weight is 514 g/mol. The van der Waals surface area contributed by atoms with Gasteiger partial charge >= 0.3 is 12.0 Å². The average Bonchev–Trinajstić information content (AvgIpc) is 3.12. The molecule has 1 atom stereocenters. The van der Waals surface area contributed by atoms with E-state index < -0.39 is 0 Å². The summed E-state index contributed by atoms with van der Waals surface area (Å²) in [7, 11) is 1.63. The number of fused-ring (bicyclic) bond motifs is 1. The number of esters is 1. The van der Waals surface area contributed by atoms with Crippen LogP contribution in [0, 0.1) is 5.41 Å². The Kier molecular flexibility index (Phi) is 8.15. The number of methoxy groups -OCH3 is 1. The van der Waals surface area contributed by atoms with Gasteiger partial charge in [-0.2, -0.15) is 0 Å². The molecule has 3 aromatic rings. The molecule has 7 nitrogen and oxygen atoms in total. The molecule has 0 spiro atoms. The Morgan fingerprint density at radius 2 is 1.76 bits per heavy atom. The number of nitrogens with one attached hydrogen (secondary N) is 2. The Balaban J connectivity index is 1.54. The molecule has 1 unspecified atom stereocenters. The molecule has 2 amide bonds. The second-order valence-corrected chi connectivity index (χ2v) is 10.3. The summed E-state index contributed by atoms with van der Waals surface area (Å²) in [5, 5.41) is 7.87. The van der Waals surface area contributed by atoms with Crippen LogP contribution in [0.4, 0.5) is 10.5 Å². The summed E-state index contributed by atoms with van der Waals surface area (Å²) in [5.41, 5.74) is 3.59. The molecule has 4 rings (SSSR count). The van der Waals surface area contributed by atoms with Crippen molar-refractivity contribution in [1.29, 1.82) is 0 Å². The topological polar surface area (TPSA) is 89.0 Å². The predicted molar refractivity (Wildman–Crippen MR) is 152 cm³/mol. The molecule has 7 heteroatoms. The van der Waals surface area contributed by atoms with Crippen LogP contribution in [0.3, 0.4) is 0 Å². The van der Waals surface area contributed by atoms with Gasteiger partial charge in [0.25, 0.3) is 0 Å². The largest absolute Gasteiger partial charge is 0.496 e. The highest BCUT2D eigenvalue weighted by atomic mass is 16.5. The van der Waals surface area contributed by atoms with Gasteiger partial charge in [0, 0.05) is 27.6 Å². The van der Waals surface area contributed by atoms with Crippen LogP contribution in [-0.4, -0.2) is 31.4 Å². The van der Waals surface area contributed by atoms with Gasteiger partial charge in [-0.1, -0.05) is 57.2 Å². The van der Waals surface area contributed by atoms with E-state index >= 15 is 0 Å². The van der Waals surface area contributed by atoms with Gasteiger partial charge in [-0.15, -0.1) is 0 Å². The number of aliphatic imine (C=N–C) groups is 1. The Morgan fingerprint density at radius 3 is 2.47 bits per heavy atom. The molecular weight excluding hydrogens is 478 g/mol. The molecule has 3 aromatic carbocycles. The quantitative estimate of drug-likeness (QED) is 0.346. The summed E-state index contributed by atoms with van der Waals surface area (Å²) in [4.78, 5) is 30.4. The summed E-state index contributed by atoms with van der Waals surface area (Å²) in [6.07, 6.45) is 3.28. The van der Waals surface area contributed by atoms with Crippen LogP contribution in [-0.2, 0) is 4.74 Å². The first-order valence-electron chi connectivity index (χ1n) is 12.9. The summed E-state index contributed by atoms with van der Waals surface area (Å²) in [6.45, 7) is 8.41. The first kappa shape index (κ1) is 26.9. The van der Waals surface area contributed by atoms with E-state index in [-0.39, 0.29) is 23.5 Å². The fourth-order valence-electron chi connectivity index (χ4n) is 4.49. The highest BCUT2D eigenvalue weighted by Crippen LogP contribution is 2.33. The number of nitrogens with zero attached hydrogens (tertiary/aromatic N) is 1. The molecule has 2 N–H and O–H groups in total.